The van der Waals surface area contributed by atoms with E-state index in [2.05, 4.69) is 5.32 Å². The highest BCUT2D eigenvalue weighted by Gasteiger charge is 2.23. The molecule has 3 rings (SSSR count). The van der Waals surface area contributed by atoms with Gasteiger partial charge in [-0.3, -0.25) is 9.10 Å². The van der Waals surface area contributed by atoms with Gasteiger partial charge in [-0.25, -0.2) is 8.42 Å². The molecule has 5 nitrogen and oxygen atoms in total. The minimum atomic E-state index is -3.72. The molecule has 0 fully saturated rings. The predicted octanol–water partition coefficient (Wildman–Crippen LogP) is 4.77. The third-order valence-electron chi connectivity index (χ3n) is 4.89. The zero-order valence-corrected chi connectivity index (χ0v) is 17.5. The van der Waals surface area contributed by atoms with Crippen LogP contribution < -0.4 is 9.62 Å². The third-order valence-corrected chi connectivity index (χ3v) is 6.81. The Hall–Kier alpha value is -3.12. The highest BCUT2D eigenvalue weighted by Crippen LogP contribution is 2.24. The molecule has 0 heterocycles. The van der Waals surface area contributed by atoms with Crippen molar-refractivity contribution in [2.24, 2.45) is 0 Å². The van der Waals surface area contributed by atoms with E-state index in [1.807, 2.05) is 38.1 Å². The van der Waals surface area contributed by atoms with E-state index < -0.39 is 10.0 Å². The minimum absolute atomic E-state index is 0.145. The Balaban J connectivity index is 1.83. The highest BCUT2D eigenvalue weighted by atomic mass is 32.2. The number of sulfonamides is 1. The van der Waals surface area contributed by atoms with Gasteiger partial charge in [0.25, 0.3) is 15.9 Å². The molecule has 3 aromatic rings. The summed E-state index contributed by atoms with van der Waals surface area (Å²) in [6, 6.07) is 20.7. The molecule has 0 radical (unpaired) electrons. The first-order valence-electron chi connectivity index (χ1n) is 9.40. The van der Waals surface area contributed by atoms with Gasteiger partial charge in [0.15, 0.2) is 0 Å². The lowest BCUT2D eigenvalue weighted by Gasteiger charge is -2.23. The zero-order valence-electron chi connectivity index (χ0n) is 16.7. The van der Waals surface area contributed by atoms with Gasteiger partial charge in [-0.1, -0.05) is 30.3 Å². The second kappa shape index (κ2) is 8.49. The highest BCUT2D eigenvalue weighted by molar-refractivity contribution is 7.92. The van der Waals surface area contributed by atoms with Crippen molar-refractivity contribution in [3.63, 3.8) is 0 Å². The first kappa shape index (κ1) is 20.6. The van der Waals surface area contributed by atoms with Crippen LogP contribution in [0.2, 0.25) is 0 Å². The summed E-state index contributed by atoms with van der Waals surface area (Å²) in [6.45, 7) is 6.03. The van der Waals surface area contributed by atoms with Crippen LogP contribution >= 0.6 is 0 Å². The maximum atomic E-state index is 13.0. The maximum Gasteiger partial charge on any atom is 0.264 e. The normalized spacial score (nSPS) is 11.1. The molecule has 0 bridgehead atoms. The number of anilines is 2. The van der Waals surface area contributed by atoms with Crippen molar-refractivity contribution < 1.29 is 13.2 Å². The summed E-state index contributed by atoms with van der Waals surface area (Å²) in [7, 11) is -3.72. The molecule has 0 spiro atoms. The van der Waals surface area contributed by atoms with E-state index in [4.69, 9.17) is 0 Å². The number of carbonyl (C=O) groups excluding carboxylic acids is 1. The van der Waals surface area contributed by atoms with E-state index in [9.17, 15) is 13.2 Å². The van der Waals surface area contributed by atoms with Crippen LogP contribution in [-0.4, -0.2) is 20.9 Å². The van der Waals surface area contributed by atoms with Crippen LogP contribution in [0.1, 0.15) is 28.4 Å². The molecule has 29 heavy (non-hydrogen) atoms. The van der Waals surface area contributed by atoms with Crippen LogP contribution in [0.15, 0.2) is 77.7 Å². The average Bonchev–Trinajstić information content (AvgIpc) is 2.72. The first-order valence-corrected chi connectivity index (χ1v) is 10.8. The number of amides is 1. The number of para-hydroxylation sites is 1. The van der Waals surface area contributed by atoms with Crippen LogP contribution in [0.3, 0.4) is 0 Å². The van der Waals surface area contributed by atoms with Crippen molar-refractivity contribution in [3.05, 3.63) is 89.5 Å². The van der Waals surface area contributed by atoms with Gasteiger partial charge in [-0.05, 0) is 74.4 Å². The van der Waals surface area contributed by atoms with Gasteiger partial charge in [0.2, 0.25) is 0 Å². The largest absolute Gasteiger partial charge is 0.322 e. The fourth-order valence-electron chi connectivity index (χ4n) is 3.07. The van der Waals surface area contributed by atoms with Crippen LogP contribution in [0.5, 0.6) is 0 Å². The van der Waals surface area contributed by atoms with E-state index in [1.165, 1.54) is 28.6 Å². The number of hydrogen-bond donors (Lipinski definition) is 1. The molecule has 0 aliphatic heterocycles. The van der Waals surface area contributed by atoms with Crippen molar-refractivity contribution in [2.75, 3.05) is 16.2 Å². The Kier molecular flexibility index (Phi) is 6.03. The number of carbonyl (C=O) groups is 1. The van der Waals surface area contributed by atoms with E-state index in [0.29, 0.717) is 17.8 Å². The van der Waals surface area contributed by atoms with Crippen LogP contribution in [0, 0.1) is 13.8 Å². The minimum Gasteiger partial charge on any atom is -0.322 e. The molecule has 6 heteroatoms. The topological polar surface area (TPSA) is 66.5 Å². The fourth-order valence-corrected chi connectivity index (χ4v) is 4.55. The first-order chi connectivity index (χ1) is 13.8. The molecule has 0 aliphatic rings. The van der Waals surface area contributed by atoms with Crippen molar-refractivity contribution in [1.29, 1.82) is 0 Å². The number of aryl methyl sites for hydroxylation is 1. The van der Waals surface area contributed by atoms with Gasteiger partial charge in [-0.2, -0.15) is 0 Å². The van der Waals surface area contributed by atoms with E-state index in [0.717, 1.165) is 16.8 Å². The molecule has 0 aliphatic carbocycles. The smallest absolute Gasteiger partial charge is 0.264 e. The van der Waals surface area contributed by atoms with Gasteiger partial charge in [0, 0.05) is 17.8 Å². The van der Waals surface area contributed by atoms with Crippen molar-refractivity contribution in [1.82, 2.24) is 0 Å². The molecule has 1 amide bonds. The standard InChI is InChI=1S/C23H24N2O3S/c1-4-25(20-10-6-5-7-11-20)29(27,28)21-15-13-19(14-16-21)23(26)24-22-12-8-9-17(2)18(22)3/h5-16H,4H2,1-3H3,(H,24,26). The summed E-state index contributed by atoms with van der Waals surface area (Å²) in [5.74, 6) is -0.280. The summed E-state index contributed by atoms with van der Waals surface area (Å²) in [5.41, 5.74) is 3.83. The van der Waals surface area contributed by atoms with E-state index in [-0.39, 0.29) is 10.8 Å². The molecule has 0 unspecified atom stereocenters. The van der Waals surface area contributed by atoms with Crippen LogP contribution in [0.4, 0.5) is 11.4 Å². The van der Waals surface area contributed by atoms with Crippen LogP contribution in [0.25, 0.3) is 0 Å². The number of benzene rings is 3. The number of hydrogen-bond acceptors (Lipinski definition) is 3. The van der Waals surface area contributed by atoms with Crippen LogP contribution in [-0.2, 0) is 10.0 Å². The molecule has 1 N–H and O–H groups in total. The SMILES string of the molecule is CCN(c1ccccc1)S(=O)(=O)c1ccc(C(=O)Nc2cccc(C)c2C)cc1. The molecule has 0 aromatic heterocycles. The Morgan fingerprint density at radius 1 is 0.897 bits per heavy atom. The Morgan fingerprint density at radius 2 is 1.55 bits per heavy atom. The monoisotopic (exact) mass is 408 g/mol. The summed E-state index contributed by atoms with van der Waals surface area (Å²) in [4.78, 5) is 12.7. The van der Waals surface area contributed by atoms with Gasteiger partial charge >= 0.3 is 0 Å². The second-order valence-electron chi connectivity index (χ2n) is 6.73. The average molecular weight is 409 g/mol. The van der Waals surface area contributed by atoms with Gasteiger partial charge in [0.1, 0.15) is 0 Å². The molecular weight excluding hydrogens is 384 g/mol. The maximum absolute atomic E-state index is 13.0. The molecule has 0 atom stereocenters. The molecular formula is C23H24N2O3S. The van der Waals surface area contributed by atoms with Gasteiger partial charge < -0.3 is 5.32 Å². The lowest BCUT2D eigenvalue weighted by atomic mass is 10.1. The number of rotatable bonds is 6. The van der Waals surface area contributed by atoms with Crippen molar-refractivity contribution in [3.8, 4) is 0 Å². The summed E-state index contributed by atoms with van der Waals surface area (Å²) >= 11 is 0. The molecule has 3 aromatic carbocycles. The Bertz CT molecular complexity index is 1110. The van der Waals surface area contributed by atoms with Crippen molar-refractivity contribution >= 4 is 27.3 Å². The number of nitrogens with one attached hydrogen (secondary N) is 1. The lowest BCUT2D eigenvalue weighted by Crippen LogP contribution is -2.30. The predicted molar refractivity (Wildman–Crippen MR) is 117 cm³/mol. The lowest BCUT2D eigenvalue weighted by molar-refractivity contribution is 0.102. The Labute approximate surface area is 172 Å². The molecule has 0 saturated carbocycles. The van der Waals surface area contributed by atoms with E-state index in [1.54, 1.807) is 31.2 Å². The Morgan fingerprint density at radius 3 is 2.17 bits per heavy atom. The molecule has 0 saturated heterocycles. The quantitative estimate of drug-likeness (QED) is 0.639. The number of nitrogens with zero attached hydrogens (tertiary/aromatic N) is 1. The second-order valence-corrected chi connectivity index (χ2v) is 8.59. The summed E-state index contributed by atoms with van der Waals surface area (Å²) < 4.78 is 27.4. The zero-order chi connectivity index (χ0) is 21.0. The van der Waals surface area contributed by atoms with Gasteiger partial charge in [-0.15, -0.1) is 0 Å². The molecule has 150 valence electrons. The fraction of sp³-hybridized carbons (Fsp3) is 0.174. The van der Waals surface area contributed by atoms with Crippen molar-refractivity contribution in [2.45, 2.75) is 25.7 Å². The van der Waals surface area contributed by atoms with Gasteiger partial charge in [0.05, 0.1) is 10.6 Å². The third kappa shape index (κ3) is 4.32. The summed E-state index contributed by atoms with van der Waals surface area (Å²) in [5, 5.41) is 2.89. The van der Waals surface area contributed by atoms with E-state index >= 15 is 0 Å². The summed E-state index contributed by atoms with van der Waals surface area (Å²) in [6.07, 6.45) is 0.